The molecule has 4 heterocycles. The fourth-order valence-corrected chi connectivity index (χ4v) is 5.26. The normalized spacial score (nSPS) is 25.9. The van der Waals surface area contributed by atoms with E-state index in [-0.39, 0.29) is 18.0 Å². The van der Waals surface area contributed by atoms with E-state index in [1.807, 2.05) is 4.90 Å². The molecule has 1 saturated heterocycles. The molecule has 1 saturated carbocycles. The molecule has 5 rings (SSSR count). The summed E-state index contributed by atoms with van der Waals surface area (Å²) >= 11 is 0. The van der Waals surface area contributed by atoms with Crippen LogP contribution in [0.4, 0.5) is 0 Å². The van der Waals surface area contributed by atoms with Crippen molar-refractivity contribution in [2.75, 3.05) is 26.7 Å². The van der Waals surface area contributed by atoms with Crippen LogP contribution in [0.15, 0.2) is 30.0 Å². The molecule has 0 atom stereocenters. The van der Waals surface area contributed by atoms with Gasteiger partial charge in [0.25, 0.3) is 0 Å². The van der Waals surface area contributed by atoms with E-state index in [0.29, 0.717) is 36.3 Å². The molecule has 11 heteroatoms. The number of piperidine rings is 1. The summed E-state index contributed by atoms with van der Waals surface area (Å²) in [5, 5.41) is 11.0. The number of tetrazole rings is 1. The molecule has 1 aliphatic carbocycles. The summed E-state index contributed by atoms with van der Waals surface area (Å²) in [4.78, 5) is 38.1. The number of esters is 1. The van der Waals surface area contributed by atoms with Crippen LogP contribution in [0.2, 0.25) is 0 Å². The maximum atomic E-state index is 13.2. The van der Waals surface area contributed by atoms with E-state index >= 15 is 0 Å². The van der Waals surface area contributed by atoms with Crippen molar-refractivity contribution in [3.8, 4) is 5.82 Å². The third-order valence-corrected chi connectivity index (χ3v) is 7.47. The van der Waals surface area contributed by atoms with Crippen molar-refractivity contribution in [3.05, 3.63) is 35.7 Å². The van der Waals surface area contributed by atoms with Gasteiger partial charge in [0.1, 0.15) is 12.9 Å². The fourth-order valence-electron chi connectivity index (χ4n) is 5.26. The minimum Gasteiger partial charge on any atom is -0.456 e. The summed E-state index contributed by atoms with van der Waals surface area (Å²) in [7, 11) is 2.11. The highest BCUT2D eigenvalue weighted by Gasteiger charge is 2.46. The molecule has 174 valence electrons. The Hall–Kier alpha value is -3.21. The number of ether oxygens (including phenoxy) is 1. The van der Waals surface area contributed by atoms with Crippen LogP contribution in [0.1, 0.15) is 44.7 Å². The minimum absolute atomic E-state index is 0.223. The van der Waals surface area contributed by atoms with Crippen LogP contribution in [-0.2, 0) is 20.9 Å². The van der Waals surface area contributed by atoms with Gasteiger partial charge in [-0.05, 0) is 56.5 Å². The smallest absolute Gasteiger partial charge is 0.335 e. The number of Topliss-reactive ketones (excluding diaryl/α,β-unsaturated/α-hetero) is 1. The summed E-state index contributed by atoms with van der Waals surface area (Å²) in [5.41, 5.74) is 2.18. The van der Waals surface area contributed by atoms with Crippen molar-refractivity contribution >= 4 is 11.8 Å². The Kier molecular flexibility index (Phi) is 5.65. The van der Waals surface area contributed by atoms with Crippen molar-refractivity contribution in [2.45, 2.75) is 51.6 Å². The Bertz CT molecular complexity index is 1060. The number of cyclic esters (lactones) is 1. The molecule has 0 radical (unpaired) electrons. The molecule has 1 spiro atoms. The van der Waals surface area contributed by atoms with E-state index in [4.69, 9.17) is 4.74 Å². The lowest BCUT2D eigenvalue weighted by molar-refractivity contribution is -0.136. The first-order chi connectivity index (χ1) is 15.9. The molecular formula is C22H28N8O3. The van der Waals surface area contributed by atoms with Crippen molar-refractivity contribution in [3.63, 3.8) is 0 Å². The standard InChI is InChI=1S/C22H28N8O3/c1-15-18(13-33-21(15)32)29-8-7-22(19(31)12-29)5-3-17(4-6-22)28(2)11-16-9-24-20(10-23-16)30-14-25-26-27-30/h9-10,14,17H,3-8,11-13H2,1-2H3. The van der Waals surface area contributed by atoms with E-state index in [2.05, 4.69) is 37.4 Å². The van der Waals surface area contributed by atoms with Crippen LogP contribution in [0.3, 0.4) is 0 Å². The fraction of sp³-hybridized carbons (Fsp3) is 0.591. The number of carbonyl (C=O) groups excluding carboxylic acids is 2. The van der Waals surface area contributed by atoms with Crippen LogP contribution in [0.25, 0.3) is 5.82 Å². The highest BCUT2D eigenvalue weighted by molar-refractivity contribution is 5.92. The first kappa shape index (κ1) is 21.6. The molecule has 2 aromatic rings. The van der Waals surface area contributed by atoms with Crippen LogP contribution < -0.4 is 0 Å². The molecule has 2 aliphatic heterocycles. The van der Waals surface area contributed by atoms with E-state index in [9.17, 15) is 9.59 Å². The second-order valence-electron chi connectivity index (χ2n) is 9.29. The Morgan fingerprint density at radius 1 is 1.18 bits per heavy atom. The zero-order valence-corrected chi connectivity index (χ0v) is 19.0. The van der Waals surface area contributed by atoms with Gasteiger partial charge in [0.05, 0.1) is 35.9 Å². The van der Waals surface area contributed by atoms with E-state index in [1.54, 1.807) is 19.3 Å². The Labute approximate surface area is 191 Å². The number of carbonyl (C=O) groups is 2. The maximum Gasteiger partial charge on any atom is 0.335 e. The second-order valence-corrected chi connectivity index (χ2v) is 9.29. The average Bonchev–Trinajstić information content (AvgIpc) is 3.48. The molecule has 0 bridgehead atoms. The predicted molar refractivity (Wildman–Crippen MR) is 116 cm³/mol. The topological polar surface area (TPSA) is 119 Å². The van der Waals surface area contributed by atoms with Gasteiger partial charge >= 0.3 is 5.97 Å². The quantitative estimate of drug-likeness (QED) is 0.606. The monoisotopic (exact) mass is 452 g/mol. The molecule has 33 heavy (non-hydrogen) atoms. The summed E-state index contributed by atoms with van der Waals surface area (Å²) in [6, 6.07) is 0.410. The van der Waals surface area contributed by atoms with Crippen molar-refractivity contribution in [2.24, 2.45) is 5.41 Å². The van der Waals surface area contributed by atoms with Crippen molar-refractivity contribution in [1.29, 1.82) is 0 Å². The van der Waals surface area contributed by atoms with Gasteiger partial charge in [-0.15, -0.1) is 5.10 Å². The Balaban J connectivity index is 1.15. The molecule has 0 amide bonds. The highest BCUT2D eigenvalue weighted by Crippen LogP contribution is 2.44. The molecule has 2 fully saturated rings. The molecular weight excluding hydrogens is 424 g/mol. The first-order valence-electron chi connectivity index (χ1n) is 11.3. The number of rotatable bonds is 5. The van der Waals surface area contributed by atoms with Gasteiger partial charge in [-0.2, -0.15) is 4.68 Å². The third kappa shape index (κ3) is 4.12. The number of hydrogen-bond acceptors (Lipinski definition) is 10. The van der Waals surface area contributed by atoms with Gasteiger partial charge in [-0.1, -0.05) is 0 Å². The number of likely N-dealkylation sites (tertiary alicyclic amines) is 1. The minimum atomic E-state index is -0.268. The lowest BCUT2D eigenvalue weighted by atomic mass is 9.66. The van der Waals surface area contributed by atoms with Gasteiger partial charge < -0.3 is 9.64 Å². The Morgan fingerprint density at radius 3 is 2.61 bits per heavy atom. The summed E-state index contributed by atoms with van der Waals surface area (Å²) < 4.78 is 6.60. The molecule has 2 aromatic heterocycles. The number of aromatic nitrogens is 6. The summed E-state index contributed by atoms with van der Waals surface area (Å²) in [6.45, 7) is 3.96. The molecule has 11 nitrogen and oxygen atoms in total. The summed E-state index contributed by atoms with van der Waals surface area (Å²) in [6.07, 6.45) is 9.55. The average molecular weight is 453 g/mol. The number of ketones is 1. The van der Waals surface area contributed by atoms with Crippen LogP contribution in [-0.4, -0.2) is 84.5 Å². The molecule has 0 aromatic carbocycles. The van der Waals surface area contributed by atoms with Gasteiger partial charge in [-0.25, -0.2) is 9.78 Å². The van der Waals surface area contributed by atoms with Crippen LogP contribution >= 0.6 is 0 Å². The number of hydrogen-bond donors (Lipinski definition) is 0. The molecule has 0 unspecified atom stereocenters. The largest absolute Gasteiger partial charge is 0.456 e. The van der Waals surface area contributed by atoms with Crippen LogP contribution in [0, 0.1) is 5.41 Å². The predicted octanol–water partition coefficient (Wildman–Crippen LogP) is 0.919. The second kappa shape index (κ2) is 8.62. The van der Waals surface area contributed by atoms with Gasteiger partial charge in [-0.3, -0.25) is 14.7 Å². The SMILES string of the molecule is CC1=C(N2CCC3(CCC(N(C)Cc4cnc(-n5cnnn5)cn4)CC3)C(=O)C2)COC1=O. The lowest BCUT2D eigenvalue weighted by Crippen LogP contribution is -2.51. The maximum absolute atomic E-state index is 13.2. The van der Waals surface area contributed by atoms with Crippen molar-refractivity contribution < 1.29 is 14.3 Å². The number of nitrogens with zero attached hydrogens (tertiary/aromatic N) is 8. The van der Waals surface area contributed by atoms with Crippen LogP contribution in [0.5, 0.6) is 0 Å². The Morgan fingerprint density at radius 2 is 2.00 bits per heavy atom. The molecule has 0 N–H and O–H groups in total. The zero-order valence-electron chi connectivity index (χ0n) is 19.0. The van der Waals surface area contributed by atoms with E-state index < -0.39 is 0 Å². The lowest BCUT2D eigenvalue weighted by Gasteiger charge is -2.46. The van der Waals surface area contributed by atoms with Gasteiger partial charge in [0.15, 0.2) is 11.6 Å². The first-order valence-corrected chi connectivity index (χ1v) is 11.3. The van der Waals surface area contributed by atoms with Crippen molar-refractivity contribution in [1.82, 2.24) is 40.0 Å². The zero-order chi connectivity index (χ0) is 23.0. The van der Waals surface area contributed by atoms with E-state index in [0.717, 1.165) is 50.0 Å². The highest BCUT2D eigenvalue weighted by atomic mass is 16.5. The summed E-state index contributed by atoms with van der Waals surface area (Å²) in [5.74, 6) is 0.616. The van der Waals surface area contributed by atoms with E-state index in [1.165, 1.54) is 11.0 Å². The third-order valence-electron chi connectivity index (χ3n) is 7.47. The van der Waals surface area contributed by atoms with Gasteiger partial charge in [0, 0.05) is 24.5 Å². The van der Waals surface area contributed by atoms with Gasteiger partial charge in [0.2, 0.25) is 0 Å². The molecule has 3 aliphatic rings.